The maximum Gasteiger partial charge on any atom is 0.266 e. The average molecular weight is 363 g/mol. The molecule has 0 atom stereocenters. The predicted molar refractivity (Wildman–Crippen MR) is 77.8 cm³/mol. The number of halogens is 1. The highest BCUT2D eigenvalue weighted by atomic mass is 127. The summed E-state index contributed by atoms with van der Waals surface area (Å²) in [6.07, 6.45) is 3.73. The molecule has 1 aliphatic heterocycles. The summed E-state index contributed by atoms with van der Waals surface area (Å²) in [4.78, 5) is 16.2. The van der Waals surface area contributed by atoms with Crippen LogP contribution in [-0.4, -0.2) is 35.4 Å². The molecule has 1 aliphatic rings. The van der Waals surface area contributed by atoms with Crippen molar-refractivity contribution in [3.05, 3.63) is 25.9 Å². The molecule has 1 saturated heterocycles. The fourth-order valence-electron chi connectivity index (χ4n) is 2.10. The molecule has 0 saturated carbocycles. The van der Waals surface area contributed by atoms with Gasteiger partial charge in [0.2, 0.25) is 0 Å². The molecule has 2 heterocycles. The van der Waals surface area contributed by atoms with Crippen molar-refractivity contribution in [3.63, 3.8) is 0 Å². The van der Waals surface area contributed by atoms with Crippen LogP contribution in [0.25, 0.3) is 0 Å². The zero-order valence-corrected chi connectivity index (χ0v) is 12.6. The van der Waals surface area contributed by atoms with Gasteiger partial charge in [-0.15, -0.1) is 0 Å². The first-order valence-corrected chi connectivity index (χ1v) is 7.29. The van der Waals surface area contributed by atoms with Gasteiger partial charge in [-0.1, -0.05) is 0 Å². The average Bonchev–Trinajstić information content (AvgIpc) is 2.39. The fourth-order valence-corrected chi connectivity index (χ4v) is 2.53. The Morgan fingerprint density at radius 3 is 3.00 bits per heavy atom. The van der Waals surface area contributed by atoms with E-state index < -0.39 is 0 Å². The molecule has 1 aromatic heterocycles. The van der Waals surface area contributed by atoms with Crippen LogP contribution < -0.4 is 10.9 Å². The van der Waals surface area contributed by atoms with Gasteiger partial charge in [-0.2, -0.15) is 0 Å². The lowest BCUT2D eigenvalue weighted by Gasteiger charge is -2.23. The standard InChI is InChI=1S/C12H18IN3O2/c1-9-15-8-11(13)12(17)16(9)5-4-14-10-2-6-18-7-3-10/h8,10,14H,2-7H2,1H3. The van der Waals surface area contributed by atoms with Gasteiger partial charge >= 0.3 is 0 Å². The lowest BCUT2D eigenvalue weighted by Crippen LogP contribution is -2.38. The molecule has 18 heavy (non-hydrogen) atoms. The van der Waals surface area contributed by atoms with E-state index >= 15 is 0 Å². The second kappa shape index (κ2) is 6.63. The molecular formula is C12H18IN3O2. The molecule has 0 spiro atoms. The van der Waals surface area contributed by atoms with Gasteiger partial charge in [-0.3, -0.25) is 9.36 Å². The quantitative estimate of drug-likeness (QED) is 0.809. The van der Waals surface area contributed by atoms with Crippen molar-refractivity contribution in [1.82, 2.24) is 14.9 Å². The molecule has 0 aliphatic carbocycles. The van der Waals surface area contributed by atoms with Crippen LogP contribution in [0.4, 0.5) is 0 Å². The molecule has 0 bridgehead atoms. The maximum atomic E-state index is 11.9. The van der Waals surface area contributed by atoms with E-state index in [0.717, 1.165) is 38.4 Å². The summed E-state index contributed by atoms with van der Waals surface area (Å²) >= 11 is 2.03. The van der Waals surface area contributed by atoms with Crippen molar-refractivity contribution in [3.8, 4) is 0 Å². The van der Waals surface area contributed by atoms with Crippen LogP contribution in [0, 0.1) is 10.5 Å². The van der Waals surface area contributed by atoms with E-state index in [4.69, 9.17) is 4.74 Å². The first-order chi connectivity index (χ1) is 8.68. The van der Waals surface area contributed by atoms with E-state index in [9.17, 15) is 4.79 Å². The number of ether oxygens (including phenoxy) is 1. The van der Waals surface area contributed by atoms with Crippen LogP contribution >= 0.6 is 22.6 Å². The number of nitrogens with zero attached hydrogens (tertiary/aromatic N) is 2. The number of aryl methyl sites for hydroxylation is 1. The number of hydrogen-bond acceptors (Lipinski definition) is 4. The predicted octanol–water partition coefficient (Wildman–Crippen LogP) is 0.925. The monoisotopic (exact) mass is 363 g/mol. The zero-order chi connectivity index (χ0) is 13.0. The van der Waals surface area contributed by atoms with E-state index in [2.05, 4.69) is 10.3 Å². The first-order valence-electron chi connectivity index (χ1n) is 6.21. The van der Waals surface area contributed by atoms with E-state index in [1.807, 2.05) is 29.5 Å². The summed E-state index contributed by atoms with van der Waals surface area (Å²) < 4.78 is 7.71. The van der Waals surface area contributed by atoms with Crippen molar-refractivity contribution in [2.45, 2.75) is 32.4 Å². The van der Waals surface area contributed by atoms with Crippen molar-refractivity contribution in [1.29, 1.82) is 0 Å². The van der Waals surface area contributed by atoms with E-state index in [1.165, 1.54) is 0 Å². The molecule has 1 N–H and O–H groups in total. The van der Waals surface area contributed by atoms with Crippen molar-refractivity contribution < 1.29 is 4.74 Å². The third kappa shape index (κ3) is 3.52. The van der Waals surface area contributed by atoms with Crippen LogP contribution in [0.5, 0.6) is 0 Å². The van der Waals surface area contributed by atoms with Gasteiger partial charge in [0, 0.05) is 38.5 Å². The summed E-state index contributed by atoms with van der Waals surface area (Å²) in [5.74, 6) is 0.772. The number of nitrogens with one attached hydrogen (secondary N) is 1. The van der Waals surface area contributed by atoms with Gasteiger partial charge in [0.05, 0.1) is 3.57 Å². The first kappa shape index (κ1) is 14.0. The second-order valence-electron chi connectivity index (χ2n) is 4.45. The molecular weight excluding hydrogens is 345 g/mol. The van der Waals surface area contributed by atoms with Crippen LogP contribution in [0.15, 0.2) is 11.0 Å². The van der Waals surface area contributed by atoms with Crippen LogP contribution in [0.2, 0.25) is 0 Å². The number of rotatable bonds is 4. The summed E-state index contributed by atoms with van der Waals surface area (Å²) in [7, 11) is 0. The van der Waals surface area contributed by atoms with Gasteiger partial charge in [0.25, 0.3) is 5.56 Å². The Morgan fingerprint density at radius 2 is 2.28 bits per heavy atom. The largest absolute Gasteiger partial charge is 0.381 e. The van der Waals surface area contributed by atoms with Crippen LogP contribution in [0.1, 0.15) is 18.7 Å². The highest BCUT2D eigenvalue weighted by Gasteiger charge is 2.13. The van der Waals surface area contributed by atoms with Gasteiger partial charge in [0.1, 0.15) is 5.82 Å². The minimum atomic E-state index is 0.0527. The van der Waals surface area contributed by atoms with Crippen LogP contribution in [0.3, 0.4) is 0 Å². The Labute approximate surface area is 120 Å². The lowest BCUT2D eigenvalue weighted by atomic mass is 10.1. The van der Waals surface area contributed by atoms with Crippen molar-refractivity contribution in [2.24, 2.45) is 0 Å². The molecule has 0 amide bonds. The molecule has 1 aromatic rings. The number of hydrogen-bond donors (Lipinski definition) is 1. The molecule has 1 fully saturated rings. The van der Waals surface area contributed by atoms with Crippen molar-refractivity contribution in [2.75, 3.05) is 19.8 Å². The molecule has 2 rings (SSSR count). The highest BCUT2D eigenvalue weighted by Crippen LogP contribution is 2.05. The van der Waals surface area contributed by atoms with E-state index in [-0.39, 0.29) is 5.56 Å². The third-order valence-electron chi connectivity index (χ3n) is 3.19. The van der Waals surface area contributed by atoms with Crippen LogP contribution in [-0.2, 0) is 11.3 Å². The number of aromatic nitrogens is 2. The molecule has 0 radical (unpaired) electrons. The fraction of sp³-hybridized carbons (Fsp3) is 0.667. The van der Waals surface area contributed by atoms with Crippen molar-refractivity contribution >= 4 is 22.6 Å². The third-order valence-corrected chi connectivity index (χ3v) is 3.93. The topological polar surface area (TPSA) is 56.2 Å². The summed E-state index contributed by atoms with van der Waals surface area (Å²) in [6, 6.07) is 0.519. The van der Waals surface area contributed by atoms with Gasteiger partial charge in [0.15, 0.2) is 0 Å². The molecule has 6 heteroatoms. The minimum Gasteiger partial charge on any atom is -0.381 e. The summed E-state index contributed by atoms with van der Waals surface area (Å²) in [6.45, 7) is 5.01. The normalized spacial score (nSPS) is 17.0. The minimum absolute atomic E-state index is 0.0527. The lowest BCUT2D eigenvalue weighted by molar-refractivity contribution is 0.0778. The molecule has 100 valence electrons. The summed E-state index contributed by atoms with van der Waals surface area (Å²) in [5.41, 5.74) is 0.0527. The Balaban J connectivity index is 1.90. The van der Waals surface area contributed by atoms with Gasteiger partial charge in [-0.05, 0) is 42.4 Å². The Bertz CT molecular complexity index is 455. The molecule has 0 unspecified atom stereocenters. The SMILES string of the molecule is Cc1ncc(I)c(=O)n1CCNC1CCOCC1. The maximum absolute atomic E-state index is 11.9. The van der Waals surface area contributed by atoms with E-state index in [1.54, 1.807) is 10.8 Å². The van der Waals surface area contributed by atoms with Gasteiger partial charge < -0.3 is 10.1 Å². The second-order valence-corrected chi connectivity index (χ2v) is 5.61. The summed E-state index contributed by atoms with van der Waals surface area (Å²) in [5, 5.41) is 3.47. The Morgan fingerprint density at radius 1 is 1.56 bits per heavy atom. The Hall–Kier alpha value is -0.470. The smallest absolute Gasteiger partial charge is 0.266 e. The zero-order valence-electron chi connectivity index (χ0n) is 10.5. The molecule has 5 nitrogen and oxygen atoms in total. The molecule has 0 aromatic carbocycles. The van der Waals surface area contributed by atoms with E-state index in [0.29, 0.717) is 16.2 Å². The van der Waals surface area contributed by atoms with Gasteiger partial charge in [-0.25, -0.2) is 4.98 Å². The highest BCUT2D eigenvalue weighted by molar-refractivity contribution is 14.1. The Kier molecular flexibility index (Phi) is 5.13.